The van der Waals surface area contributed by atoms with Crippen LogP contribution in [-0.2, 0) is 19.6 Å². The molecular formula is C18H21IN2O4S. The van der Waals surface area contributed by atoms with Crippen LogP contribution in [0.3, 0.4) is 0 Å². The second-order valence-electron chi connectivity index (χ2n) is 5.61. The van der Waals surface area contributed by atoms with E-state index in [2.05, 4.69) is 32.6 Å². The van der Waals surface area contributed by atoms with Crippen LogP contribution in [0.5, 0.6) is 0 Å². The van der Waals surface area contributed by atoms with Gasteiger partial charge < -0.3 is 10.1 Å². The van der Waals surface area contributed by atoms with E-state index in [1.165, 1.54) is 12.1 Å². The first-order valence-electron chi connectivity index (χ1n) is 8.08. The number of amides is 1. The van der Waals surface area contributed by atoms with Crippen molar-refractivity contribution in [3.63, 3.8) is 0 Å². The average Bonchev–Trinajstić information content (AvgIpc) is 2.58. The van der Waals surface area contributed by atoms with E-state index < -0.39 is 10.0 Å². The van der Waals surface area contributed by atoms with Crippen LogP contribution >= 0.6 is 22.6 Å². The van der Waals surface area contributed by atoms with Gasteiger partial charge in [-0.1, -0.05) is 12.1 Å². The van der Waals surface area contributed by atoms with Crippen molar-refractivity contribution in [1.29, 1.82) is 0 Å². The highest BCUT2D eigenvalue weighted by Crippen LogP contribution is 2.24. The molecule has 0 heterocycles. The summed E-state index contributed by atoms with van der Waals surface area (Å²) < 4.78 is 33.9. The molecule has 2 N–H and O–H groups in total. The monoisotopic (exact) mass is 488 g/mol. The van der Waals surface area contributed by atoms with Crippen molar-refractivity contribution in [3.05, 3.63) is 51.6 Å². The summed E-state index contributed by atoms with van der Waals surface area (Å²) >= 11 is 2.08. The molecule has 2 rings (SSSR count). The van der Waals surface area contributed by atoms with Crippen LogP contribution in [0.4, 0.5) is 11.4 Å². The van der Waals surface area contributed by atoms with Gasteiger partial charge in [0, 0.05) is 15.9 Å². The van der Waals surface area contributed by atoms with Crippen LogP contribution in [0, 0.1) is 10.5 Å². The second kappa shape index (κ2) is 9.33. The van der Waals surface area contributed by atoms with Gasteiger partial charge in [0.05, 0.1) is 23.6 Å². The third kappa shape index (κ3) is 5.96. The predicted octanol–water partition coefficient (Wildman–Crippen LogP) is 3.77. The predicted molar refractivity (Wildman–Crippen MR) is 111 cm³/mol. The Labute approximate surface area is 167 Å². The molecule has 0 saturated carbocycles. The zero-order chi connectivity index (χ0) is 19.2. The number of ether oxygens (including phenoxy) is 1. The van der Waals surface area contributed by atoms with E-state index in [1.807, 2.05) is 26.0 Å². The summed E-state index contributed by atoms with van der Waals surface area (Å²) in [6.45, 7) is 4.62. The van der Waals surface area contributed by atoms with Crippen molar-refractivity contribution in [2.45, 2.75) is 25.2 Å². The molecule has 8 heteroatoms. The van der Waals surface area contributed by atoms with Crippen LogP contribution in [0.25, 0.3) is 0 Å². The molecule has 0 aliphatic carbocycles. The molecular weight excluding hydrogens is 467 g/mol. The van der Waals surface area contributed by atoms with Crippen molar-refractivity contribution in [3.8, 4) is 0 Å². The van der Waals surface area contributed by atoms with Crippen LogP contribution in [0.1, 0.15) is 18.9 Å². The maximum Gasteiger partial charge on any atom is 0.262 e. The smallest absolute Gasteiger partial charge is 0.262 e. The molecule has 0 radical (unpaired) electrons. The summed E-state index contributed by atoms with van der Waals surface area (Å²) in [6, 6.07) is 11.7. The third-order valence-electron chi connectivity index (χ3n) is 3.47. The Balaban J connectivity index is 2.15. The third-order valence-corrected chi connectivity index (χ3v) is 5.78. The summed E-state index contributed by atoms with van der Waals surface area (Å²) in [6.07, 6.45) is 0.213. The largest absolute Gasteiger partial charge is 0.381 e. The van der Waals surface area contributed by atoms with Gasteiger partial charge in [-0.2, -0.15) is 0 Å². The van der Waals surface area contributed by atoms with E-state index >= 15 is 0 Å². The van der Waals surface area contributed by atoms with E-state index in [1.54, 1.807) is 18.2 Å². The van der Waals surface area contributed by atoms with Gasteiger partial charge in [-0.05, 0) is 72.3 Å². The van der Waals surface area contributed by atoms with E-state index in [4.69, 9.17) is 4.74 Å². The molecule has 2 aromatic rings. The first-order chi connectivity index (χ1) is 12.3. The van der Waals surface area contributed by atoms with Crippen molar-refractivity contribution in [2.24, 2.45) is 0 Å². The lowest BCUT2D eigenvalue weighted by atomic mass is 10.2. The number of carbonyl (C=O) groups is 1. The first-order valence-corrected chi connectivity index (χ1v) is 10.6. The molecule has 0 saturated heterocycles. The van der Waals surface area contributed by atoms with Crippen molar-refractivity contribution < 1.29 is 17.9 Å². The highest BCUT2D eigenvalue weighted by Gasteiger charge is 2.16. The molecule has 140 valence electrons. The molecule has 6 nitrogen and oxygen atoms in total. The Morgan fingerprint density at radius 1 is 1.19 bits per heavy atom. The Morgan fingerprint density at radius 3 is 2.69 bits per heavy atom. The zero-order valence-corrected chi connectivity index (χ0v) is 17.6. The maximum absolute atomic E-state index is 12.7. The van der Waals surface area contributed by atoms with Crippen LogP contribution in [0.15, 0.2) is 47.4 Å². The number of anilines is 2. The Morgan fingerprint density at radius 2 is 1.96 bits per heavy atom. The normalized spacial score (nSPS) is 11.2. The van der Waals surface area contributed by atoms with E-state index in [9.17, 15) is 13.2 Å². The van der Waals surface area contributed by atoms with E-state index in [-0.39, 0.29) is 17.2 Å². The molecule has 0 spiro atoms. The molecule has 0 aliphatic rings. The number of benzene rings is 2. The molecule has 0 unspecified atom stereocenters. The lowest BCUT2D eigenvalue weighted by Gasteiger charge is -2.12. The standard InChI is InChI=1S/C18H21IN2O4S/c1-3-25-10-9-18(22)20-14-5-4-6-15(12-14)26(23,24)21-17-11-13(2)7-8-16(17)19/h4-8,11-12,21H,3,9-10H2,1-2H3,(H,20,22). The van der Waals surface area contributed by atoms with Gasteiger partial charge >= 0.3 is 0 Å². The Kier molecular flexibility index (Phi) is 7.42. The topological polar surface area (TPSA) is 84.5 Å². The number of hydrogen-bond donors (Lipinski definition) is 2. The van der Waals surface area contributed by atoms with Gasteiger partial charge in [-0.25, -0.2) is 8.42 Å². The fourth-order valence-electron chi connectivity index (χ4n) is 2.19. The van der Waals surface area contributed by atoms with Crippen molar-refractivity contribution >= 4 is 49.9 Å². The van der Waals surface area contributed by atoms with Crippen molar-refractivity contribution in [2.75, 3.05) is 23.3 Å². The molecule has 0 atom stereocenters. The summed E-state index contributed by atoms with van der Waals surface area (Å²) in [7, 11) is -3.76. The fraction of sp³-hybridized carbons (Fsp3) is 0.278. The number of halogens is 1. The summed E-state index contributed by atoms with van der Waals surface area (Å²) in [5.41, 5.74) is 1.91. The van der Waals surface area contributed by atoms with Gasteiger partial charge in [0.1, 0.15) is 0 Å². The minimum absolute atomic E-state index is 0.0809. The molecule has 0 aliphatic heterocycles. The number of carbonyl (C=O) groups excluding carboxylic acids is 1. The molecule has 0 aromatic heterocycles. The highest BCUT2D eigenvalue weighted by atomic mass is 127. The minimum Gasteiger partial charge on any atom is -0.381 e. The lowest BCUT2D eigenvalue weighted by Crippen LogP contribution is -2.16. The number of aryl methyl sites for hydroxylation is 1. The van der Waals surface area contributed by atoms with Gasteiger partial charge in [-0.3, -0.25) is 9.52 Å². The summed E-state index contributed by atoms with van der Waals surface area (Å²) in [5.74, 6) is -0.228. The zero-order valence-electron chi connectivity index (χ0n) is 14.6. The van der Waals surface area contributed by atoms with Gasteiger partial charge in [-0.15, -0.1) is 0 Å². The molecule has 2 aromatic carbocycles. The summed E-state index contributed by atoms with van der Waals surface area (Å²) in [5, 5.41) is 2.69. The lowest BCUT2D eigenvalue weighted by molar-refractivity contribution is -0.117. The molecule has 0 bridgehead atoms. The molecule has 26 heavy (non-hydrogen) atoms. The maximum atomic E-state index is 12.7. The van der Waals surface area contributed by atoms with Gasteiger partial charge in [0.2, 0.25) is 5.91 Å². The fourth-order valence-corrected chi connectivity index (χ4v) is 3.96. The molecule has 1 amide bonds. The quantitative estimate of drug-likeness (QED) is 0.438. The van der Waals surface area contributed by atoms with Crippen LogP contribution < -0.4 is 10.0 Å². The average molecular weight is 488 g/mol. The van der Waals surface area contributed by atoms with E-state index in [0.717, 1.165) is 9.13 Å². The highest BCUT2D eigenvalue weighted by molar-refractivity contribution is 14.1. The van der Waals surface area contributed by atoms with Crippen molar-refractivity contribution in [1.82, 2.24) is 0 Å². The number of nitrogens with one attached hydrogen (secondary N) is 2. The van der Waals surface area contributed by atoms with E-state index in [0.29, 0.717) is 24.6 Å². The van der Waals surface area contributed by atoms with Crippen LogP contribution in [-0.4, -0.2) is 27.5 Å². The van der Waals surface area contributed by atoms with Gasteiger partial charge in [0.15, 0.2) is 0 Å². The minimum atomic E-state index is -3.76. The van der Waals surface area contributed by atoms with Crippen LogP contribution in [0.2, 0.25) is 0 Å². The molecule has 0 fully saturated rings. The number of sulfonamides is 1. The Bertz CT molecular complexity index is 885. The first kappa shape index (κ1) is 20.7. The second-order valence-corrected chi connectivity index (χ2v) is 8.46. The summed E-state index contributed by atoms with van der Waals surface area (Å²) in [4.78, 5) is 11.9. The van der Waals surface area contributed by atoms with Gasteiger partial charge in [0.25, 0.3) is 10.0 Å². The SMILES string of the molecule is CCOCCC(=O)Nc1cccc(S(=O)(=O)Nc2cc(C)ccc2I)c1. The Hall–Kier alpha value is -1.65. The number of rotatable bonds is 8. The number of hydrogen-bond acceptors (Lipinski definition) is 4.